The molecule has 0 fully saturated rings. The number of methoxy groups -OCH3 is 1. The average molecular weight is 404 g/mol. The summed E-state index contributed by atoms with van der Waals surface area (Å²) in [5, 5.41) is 11.6. The second-order valence-electron chi connectivity index (χ2n) is 5.67. The van der Waals surface area contributed by atoms with Crippen LogP contribution in [0.3, 0.4) is 0 Å². The third-order valence-electron chi connectivity index (χ3n) is 3.74. The average Bonchev–Trinajstić information content (AvgIpc) is 3.02. The molecule has 27 heavy (non-hydrogen) atoms. The lowest BCUT2D eigenvalue weighted by Crippen LogP contribution is -2.23. The lowest BCUT2D eigenvalue weighted by Gasteiger charge is -2.12. The van der Waals surface area contributed by atoms with Gasteiger partial charge >= 0.3 is 0 Å². The van der Waals surface area contributed by atoms with Crippen molar-refractivity contribution in [1.82, 2.24) is 14.9 Å². The van der Waals surface area contributed by atoms with Gasteiger partial charge in [0.1, 0.15) is 5.75 Å². The number of nitrogens with one attached hydrogen (secondary N) is 1. The van der Waals surface area contributed by atoms with Crippen LogP contribution in [0.2, 0.25) is 5.02 Å². The predicted octanol–water partition coefficient (Wildman–Crippen LogP) is 3.44. The van der Waals surface area contributed by atoms with Crippen LogP contribution in [0.25, 0.3) is 11.4 Å². The third kappa shape index (κ3) is 4.53. The van der Waals surface area contributed by atoms with Crippen molar-refractivity contribution in [2.75, 3.05) is 18.3 Å². The monoisotopic (exact) mass is 403 g/mol. The quantitative estimate of drug-likeness (QED) is 0.483. The molecule has 0 spiro atoms. The van der Waals surface area contributed by atoms with E-state index >= 15 is 0 Å². The van der Waals surface area contributed by atoms with Crippen molar-refractivity contribution in [3.05, 3.63) is 53.6 Å². The lowest BCUT2D eigenvalue weighted by atomic mass is 10.2. The summed E-state index contributed by atoms with van der Waals surface area (Å²) in [6, 6.07) is 14.3. The molecule has 0 radical (unpaired) electrons. The van der Waals surface area contributed by atoms with Gasteiger partial charge in [-0.2, -0.15) is 0 Å². The zero-order valence-corrected chi connectivity index (χ0v) is 16.3. The molecule has 140 valence electrons. The summed E-state index contributed by atoms with van der Waals surface area (Å²) in [4.78, 5) is 12.5. The smallest absolute Gasteiger partial charge is 0.237 e. The first-order chi connectivity index (χ1) is 13.0. The topological polar surface area (TPSA) is 95.1 Å². The zero-order valence-electron chi connectivity index (χ0n) is 14.7. The summed E-state index contributed by atoms with van der Waals surface area (Å²) in [5.41, 5.74) is 1.40. The molecule has 0 aliphatic carbocycles. The fraction of sp³-hybridized carbons (Fsp3) is 0.167. The molecule has 1 atom stereocenters. The SMILES string of the molecule is COc1cccc(NC(=O)[C@@H](C)Sc2nnc(-c3cccc(Cl)c3)n2N)c1. The minimum Gasteiger partial charge on any atom is -0.497 e. The molecule has 3 aromatic rings. The number of rotatable bonds is 6. The van der Waals surface area contributed by atoms with E-state index in [0.717, 1.165) is 5.56 Å². The highest BCUT2D eigenvalue weighted by atomic mass is 35.5. The van der Waals surface area contributed by atoms with Crippen LogP contribution < -0.4 is 15.9 Å². The standard InChI is InChI=1S/C18H18ClN5O2S/c1-11(17(25)21-14-7-4-8-15(10-14)26-2)27-18-23-22-16(24(18)20)12-5-3-6-13(19)9-12/h3-11H,20H2,1-2H3,(H,21,25)/t11-/m1/s1. The zero-order chi connectivity index (χ0) is 19.4. The predicted molar refractivity (Wildman–Crippen MR) is 108 cm³/mol. The normalized spacial score (nSPS) is 11.8. The molecule has 0 aliphatic rings. The van der Waals surface area contributed by atoms with E-state index < -0.39 is 5.25 Å². The second-order valence-corrected chi connectivity index (χ2v) is 7.41. The van der Waals surface area contributed by atoms with E-state index in [4.69, 9.17) is 22.2 Å². The number of hydrogen-bond donors (Lipinski definition) is 2. The van der Waals surface area contributed by atoms with E-state index in [1.165, 1.54) is 16.4 Å². The van der Waals surface area contributed by atoms with Gasteiger partial charge in [0.15, 0.2) is 5.82 Å². The number of nitrogens with zero attached hydrogens (tertiary/aromatic N) is 3. The summed E-state index contributed by atoms with van der Waals surface area (Å²) in [7, 11) is 1.57. The van der Waals surface area contributed by atoms with Crippen LogP contribution >= 0.6 is 23.4 Å². The molecule has 1 aromatic heterocycles. The third-order valence-corrected chi connectivity index (χ3v) is 5.03. The number of amides is 1. The number of halogens is 1. The fourth-order valence-corrected chi connectivity index (χ4v) is 3.30. The van der Waals surface area contributed by atoms with Gasteiger partial charge < -0.3 is 15.9 Å². The molecule has 0 unspecified atom stereocenters. The molecule has 0 saturated carbocycles. The van der Waals surface area contributed by atoms with Crippen molar-refractivity contribution in [2.45, 2.75) is 17.3 Å². The van der Waals surface area contributed by atoms with Gasteiger partial charge in [0, 0.05) is 22.3 Å². The van der Waals surface area contributed by atoms with Gasteiger partial charge in [-0.1, -0.05) is 41.6 Å². The second kappa shape index (κ2) is 8.32. The highest BCUT2D eigenvalue weighted by molar-refractivity contribution is 8.00. The Kier molecular flexibility index (Phi) is 5.88. The first kappa shape index (κ1) is 19.1. The van der Waals surface area contributed by atoms with Crippen molar-refractivity contribution in [2.24, 2.45) is 0 Å². The van der Waals surface area contributed by atoms with Gasteiger partial charge in [-0.25, -0.2) is 4.68 Å². The Balaban J connectivity index is 1.70. The van der Waals surface area contributed by atoms with Gasteiger partial charge in [0.05, 0.1) is 12.4 Å². The Hall–Kier alpha value is -2.71. The number of carbonyl (C=O) groups is 1. The van der Waals surface area contributed by atoms with Crippen molar-refractivity contribution in [1.29, 1.82) is 0 Å². The summed E-state index contributed by atoms with van der Waals surface area (Å²) >= 11 is 7.23. The highest BCUT2D eigenvalue weighted by Crippen LogP contribution is 2.27. The van der Waals surface area contributed by atoms with Crippen LogP contribution in [0, 0.1) is 0 Å². The van der Waals surface area contributed by atoms with E-state index in [2.05, 4.69) is 15.5 Å². The first-order valence-electron chi connectivity index (χ1n) is 8.06. The summed E-state index contributed by atoms with van der Waals surface area (Å²) < 4.78 is 6.51. The summed E-state index contributed by atoms with van der Waals surface area (Å²) in [6.07, 6.45) is 0. The molecule has 0 aliphatic heterocycles. The maximum atomic E-state index is 12.5. The van der Waals surface area contributed by atoms with Crippen LogP contribution in [0.1, 0.15) is 6.92 Å². The molecule has 9 heteroatoms. The van der Waals surface area contributed by atoms with E-state index in [0.29, 0.717) is 27.4 Å². The maximum absolute atomic E-state index is 12.5. The van der Waals surface area contributed by atoms with Crippen molar-refractivity contribution in [3.8, 4) is 17.1 Å². The molecule has 7 nitrogen and oxygen atoms in total. The minimum absolute atomic E-state index is 0.180. The Morgan fingerprint density at radius 1 is 1.26 bits per heavy atom. The fourth-order valence-electron chi connectivity index (χ4n) is 2.34. The van der Waals surface area contributed by atoms with Crippen LogP contribution in [-0.4, -0.2) is 33.1 Å². The molecular weight excluding hydrogens is 386 g/mol. The van der Waals surface area contributed by atoms with Crippen LogP contribution in [0.15, 0.2) is 53.7 Å². The van der Waals surface area contributed by atoms with E-state index in [-0.39, 0.29) is 5.91 Å². The van der Waals surface area contributed by atoms with Crippen LogP contribution in [0.4, 0.5) is 5.69 Å². The molecule has 0 saturated heterocycles. The Morgan fingerprint density at radius 3 is 2.78 bits per heavy atom. The first-order valence-corrected chi connectivity index (χ1v) is 9.31. The number of nitrogens with two attached hydrogens (primary N) is 1. The van der Waals surface area contributed by atoms with Crippen LogP contribution in [0.5, 0.6) is 5.75 Å². The van der Waals surface area contributed by atoms with E-state index in [1.807, 2.05) is 18.2 Å². The van der Waals surface area contributed by atoms with Gasteiger partial charge in [0.2, 0.25) is 11.1 Å². The number of ether oxygens (including phenoxy) is 1. The van der Waals surface area contributed by atoms with Crippen molar-refractivity contribution >= 4 is 35.0 Å². The van der Waals surface area contributed by atoms with Gasteiger partial charge in [-0.3, -0.25) is 4.79 Å². The molecule has 3 rings (SSSR count). The summed E-state index contributed by atoms with van der Waals surface area (Å²) in [6.45, 7) is 1.77. The van der Waals surface area contributed by atoms with Crippen molar-refractivity contribution < 1.29 is 9.53 Å². The molecule has 1 heterocycles. The molecule has 1 amide bonds. The minimum atomic E-state index is -0.435. The largest absolute Gasteiger partial charge is 0.497 e. The number of hydrogen-bond acceptors (Lipinski definition) is 6. The molecule has 2 aromatic carbocycles. The van der Waals surface area contributed by atoms with E-state index in [9.17, 15) is 4.79 Å². The lowest BCUT2D eigenvalue weighted by molar-refractivity contribution is -0.115. The molecule has 0 bridgehead atoms. The Labute approximate surface area is 165 Å². The molecular formula is C18H18ClN5O2S. The number of thioether (sulfide) groups is 1. The number of nitrogen functional groups attached to an aromatic ring is 1. The maximum Gasteiger partial charge on any atom is 0.237 e. The van der Waals surface area contributed by atoms with Crippen LogP contribution in [-0.2, 0) is 4.79 Å². The summed E-state index contributed by atoms with van der Waals surface area (Å²) in [5.74, 6) is 7.06. The van der Waals surface area contributed by atoms with E-state index in [1.54, 1.807) is 44.4 Å². The Morgan fingerprint density at radius 2 is 2.04 bits per heavy atom. The Bertz CT molecular complexity index is 962. The highest BCUT2D eigenvalue weighted by Gasteiger charge is 2.20. The number of aromatic nitrogens is 3. The van der Waals surface area contributed by atoms with Gasteiger partial charge in [-0.05, 0) is 31.2 Å². The van der Waals surface area contributed by atoms with Gasteiger partial charge in [0.25, 0.3) is 0 Å². The van der Waals surface area contributed by atoms with Crippen molar-refractivity contribution in [3.63, 3.8) is 0 Å². The number of carbonyl (C=O) groups excluding carboxylic acids is 1. The van der Waals surface area contributed by atoms with Gasteiger partial charge in [-0.15, -0.1) is 10.2 Å². The number of benzene rings is 2. The molecule has 3 N–H and O–H groups in total. The number of anilines is 1.